The molecule has 0 radical (unpaired) electrons. The number of nitrogens with zero attached hydrogens (tertiary/aromatic N) is 3. The van der Waals surface area contributed by atoms with Crippen molar-refractivity contribution in [2.24, 2.45) is 35.0 Å². The van der Waals surface area contributed by atoms with Crippen LogP contribution < -0.4 is 0 Å². The van der Waals surface area contributed by atoms with E-state index in [0.29, 0.717) is 18.6 Å². The van der Waals surface area contributed by atoms with Crippen molar-refractivity contribution in [3.05, 3.63) is 0 Å². The molecule has 9 atom stereocenters. The van der Waals surface area contributed by atoms with Crippen LogP contribution in [0.4, 0.5) is 0 Å². The van der Waals surface area contributed by atoms with Crippen molar-refractivity contribution in [2.45, 2.75) is 122 Å². The molecule has 5 aliphatic rings. The summed E-state index contributed by atoms with van der Waals surface area (Å²) in [5.74, 6) is 0.532. The van der Waals surface area contributed by atoms with E-state index in [1.807, 2.05) is 6.92 Å². The molecule has 3 heterocycles. The van der Waals surface area contributed by atoms with Crippen LogP contribution >= 0.6 is 0 Å². The maximum Gasteiger partial charge on any atom is 0.319 e. The number of hydrogen-bond donors (Lipinski definition) is 0. The third-order valence-electron chi connectivity index (χ3n) is 12.0. The van der Waals surface area contributed by atoms with E-state index in [9.17, 15) is 9.59 Å². The van der Waals surface area contributed by atoms with Gasteiger partial charge in [-0.1, -0.05) is 13.8 Å². The van der Waals surface area contributed by atoms with Gasteiger partial charge in [0.2, 0.25) is 0 Å². The van der Waals surface area contributed by atoms with Gasteiger partial charge >= 0.3 is 5.97 Å². The number of carbonyl (C=O) groups excluding carboxylic acids is 2. The summed E-state index contributed by atoms with van der Waals surface area (Å²) < 4.78 is 25.8. The zero-order valence-electron chi connectivity index (χ0n) is 29.2. The second-order valence-electron chi connectivity index (χ2n) is 16.2. The number of rotatable bonds is 6. The Bertz CT molecular complexity index is 1030. The number of ketones is 1. The number of carbonyl (C=O) groups is 2. The van der Waals surface area contributed by atoms with Crippen LogP contribution in [0.25, 0.3) is 0 Å². The SMILES string of the molecule is CO[C@]12C[C@@H](C)CN(C)[C@H]([C@H]3C[C@@H](N(C)CC4CC4)C3)COC(=O)C(C)(C)C(=O)[C@H](C)[C@H]1O[C@@H]1O[C@H](C)C[C@H](N(C)C)[C@H]1C2. The summed E-state index contributed by atoms with van der Waals surface area (Å²) in [6, 6.07) is 0.995. The second kappa shape index (κ2) is 13.2. The van der Waals surface area contributed by atoms with Gasteiger partial charge in [-0.3, -0.25) is 14.5 Å². The number of methoxy groups -OCH3 is 1. The topological polar surface area (TPSA) is 80.8 Å². The number of cyclic esters (lactones) is 1. The summed E-state index contributed by atoms with van der Waals surface area (Å²) in [4.78, 5) is 35.1. The summed E-state index contributed by atoms with van der Waals surface area (Å²) in [6.45, 7) is 12.1. The van der Waals surface area contributed by atoms with Gasteiger partial charge in [-0.25, -0.2) is 0 Å². The first-order valence-corrected chi connectivity index (χ1v) is 17.3. The summed E-state index contributed by atoms with van der Waals surface area (Å²) in [5.41, 5.74) is -1.99. The molecule has 9 nitrogen and oxygen atoms in total. The molecule has 0 spiro atoms. The first-order chi connectivity index (χ1) is 20.7. The van der Waals surface area contributed by atoms with Crippen molar-refractivity contribution in [2.75, 3.05) is 55.0 Å². The van der Waals surface area contributed by atoms with E-state index in [0.717, 1.165) is 44.6 Å². The number of ether oxygens (including phenoxy) is 4. The number of esters is 1. The highest BCUT2D eigenvalue weighted by Crippen LogP contribution is 2.49. The fourth-order valence-electron chi connectivity index (χ4n) is 9.09. The quantitative estimate of drug-likeness (QED) is 0.323. The first-order valence-electron chi connectivity index (χ1n) is 17.3. The lowest BCUT2D eigenvalue weighted by Crippen LogP contribution is -2.65. The van der Waals surface area contributed by atoms with E-state index >= 15 is 0 Å². The molecule has 2 aliphatic carbocycles. The van der Waals surface area contributed by atoms with Gasteiger partial charge in [0, 0.05) is 50.2 Å². The molecule has 0 aromatic heterocycles. The molecule has 2 saturated carbocycles. The molecule has 9 heteroatoms. The van der Waals surface area contributed by atoms with Crippen molar-refractivity contribution < 1.29 is 28.5 Å². The normalized spacial score (nSPS) is 44.1. The Morgan fingerprint density at radius 2 is 1.68 bits per heavy atom. The monoisotopic (exact) mass is 619 g/mol. The van der Waals surface area contributed by atoms with Gasteiger partial charge in [0.1, 0.15) is 12.0 Å². The Morgan fingerprint density at radius 3 is 2.30 bits per heavy atom. The average molecular weight is 620 g/mol. The summed E-state index contributed by atoms with van der Waals surface area (Å²) in [5, 5.41) is 0. The second-order valence-corrected chi connectivity index (χ2v) is 16.2. The molecule has 5 fully saturated rings. The Kier molecular flexibility index (Phi) is 10.3. The van der Waals surface area contributed by atoms with Crippen molar-refractivity contribution in [3.8, 4) is 0 Å². The molecule has 0 aromatic rings. The standard InChI is InChI=1S/C35H61N3O6/c1-21-16-35(41-10)17-27-28(36(6)7)13-22(2)43-32(27)44-31(35)23(3)30(39)34(4,5)33(40)42-20-29(38(9)18-21)25-14-26(15-25)37(8)19-24-11-12-24/h21-29,31-32H,11-20H2,1-10H3/t21-,22-,23+,25-,26+,27-,28+,29+,31-,32+,35+/m1/s1. The fourth-order valence-corrected chi connectivity index (χ4v) is 9.09. The molecular weight excluding hydrogens is 558 g/mol. The predicted molar refractivity (Wildman–Crippen MR) is 170 cm³/mol. The zero-order valence-corrected chi connectivity index (χ0v) is 29.2. The lowest BCUT2D eigenvalue weighted by molar-refractivity contribution is -0.325. The smallest absolute Gasteiger partial charge is 0.319 e. The van der Waals surface area contributed by atoms with Crippen molar-refractivity contribution in [3.63, 3.8) is 0 Å². The minimum atomic E-state index is -1.30. The van der Waals surface area contributed by atoms with E-state index in [1.54, 1.807) is 21.0 Å². The van der Waals surface area contributed by atoms with Crippen molar-refractivity contribution in [1.29, 1.82) is 0 Å². The number of fused-ring (bicyclic) bond motifs is 2. The van der Waals surface area contributed by atoms with Gasteiger partial charge in [-0.2, -0.15) is 0 Å². The van der Waals surface area contributed by atoms with Gasteiger partial charge in [0.25, 0.3) is 0 Å². The van der Waals surface area contributed by atoms with Crippen LogP contribution in [-0.2, 0) is 28.5 Å². The van der Waals surface area contributed by atoms with E-state index in [4.69, 9.17) is 18.9 Å². The summed E-state index contributed by atoms with van der Waals surface area (Å²) in [6.07, 6.45) is 6.48. The third kappa shape index (κ3) is 6.79. The summed E-state index contributed by atoms with van der Waals surface area (Å²) in [7, 11) is 10.5. The van der Waals surface area contributed by atoms with Gasteiger partial charge in [-0.15, -0.1) is 0 Å². The Balaban J connectivity index is 1.42. The predicted octanol–water partition coefficient (Wildman–Crippen LogP) is 4.08. The Hall–Kier alpha value is -1.10. The molecule has 0 N–H and O–H groups in total. The van der Waals surface area contributed by atoms with Gasteiger partial charge in [0.15, 0.2) is 12.1 Å². The van der Waals surface area contributed by atoms with Crippen molar-refractivity contribution >= 4 is 11.8 Å². The zero-order chi connectivity index (χ0) is 32.1. The van der Waals surface area contributed by atoms with E-state index in [1.165, 1.54) is 19.4 Å². The van der Waals surface area contributed by atoms with Crippen LogP contribution in [0.3, 0.4) is 0 Å². The van der Waals surface area contributed by atoms with Crippen LogP contribution in [0.15, 0.2) is 0 Å². The highest BCUT2D eigenvalue weighted by Gasteiger charge is 2.58. The van der Waals surface area contributed by atoms with Crippen molar-refractivity contribution in [1.82, 2.24) is 14.7 Å². The minimum Gasteiger partial charge on any atom is -0.463 e. The minimum absolute atomic E-state index is 0.0509. The maximum absolute atomic E-state index is 14.2. The molecule has 0 bridgehead atoms. The molecule has 5 rings (SSSR count). The number of likely N-dealkylation sites (N-methyl/N-ethyl adjacent to an activating group) is 1. The highest BCUT2D eigenvalue weighted by molar-refractivity contribution is 6.04. The average Bonchev–Trinajstić information content (AvgIpc) is 3.75. The lowest BCUT2D eigenvalue weighted by Gasteiger charge is -2.56. The molecule has 252 valence electrons. The largest absolute Gasteiger partial charge is 0.463 e. The fraction of sp³-hybridized carbons (Fsp3) is 0.943. The molecular formula is C35H61N3O6. The number of hydrogen-bond acceptors (Lipinski definition) is 9. The number of Topliss-reactive ketones (excluding diaryl/α,β-unsaturated/α-hetero) is 1. The molecule has 0 unspecified atom stereocenters. The summed E-state index contributed by atoms with van der Waals surface area (Å²) >= 11 is 0. The molecule has 44 heavy (non-hydrogen) atoms. The van der Waals surface area contributed by atoms with Crippen LogP contribution in [0.2, 0.25) is 0 Å². The molecule has 3 saturated heterocycles. The van der Waals surface area contributed by atoms with Crippen LogP contribution in [-0.4, -0.2) is 124 Å². The highest BCUT2D eigenvalue weighted by atomic mass is 16.7. The van der Waals surface area contributed by atoms with E-state index < -0.39 is 35.3 Å². The molecule has 0 aromatic carbocycles. The third-order valence-corrected chi connectivity index (χ3v) is 12.0. The lowest BCUT2D eigenvalue weighted by atomic mass is 9.67. The van der Waals surface area contributed by atoms with Crippen LogP contribution in [0, 0.1) is 35.0 Å². The Labute approximate surface area is 266 Å². The van der Waals surface area contributed by atoms with E-state index in [-0.39, 0.29) is 35.8 Å². The van der Waals surface area contributed by atoms with E-state index in [2.05, 4.69) is 56.7 Å². The van der Waals surface area contributed by atoms with Crippen LogP contribution in [0.5, 0.6) is 0 Å². The molecule has 0 amide bonds. The maximum atomic E-state index is 14.2. The van der Waals surface area contributed by atoms with Crippen LogP contribution in [0.1, 0.15) is 79.6 Å². The van der Waals surface area contributed by atoms with Gasteiger partial charge in [-0.05, 0) is 112 Å². The Morgan fingerprint density at radius 1 is 1.00 bits per heavy atom. The first kappa shape index (κ1) is 34.2. The van der Waals surface area contributed by atoms with Gasteiger partial charge < -0.3 is 28.7 Å². The van der Waals surface area contributed by atoms with Gasteiger partial charge in [0.05, 0.1) is 17.8 Å². The molecule has 3 aliphatic heterocycles.